The molecule has 6 heteroatoms. The number of nitrogens with zero attached hydrogens (tertiary/aromatic N) is 1. The predicted octanol–water partition coefficient (Wildman–Crippen LogP) is 4.69. The van der Waals surface area contributed by atoms with Crippen LogP contribution < -0.4 is 14.8 Å². The molecule has 5 rings (SSSR count). The van der Waals surface area contributed by atoms with E-state index in [9.17, 15) is 4.79 Å². The second-order valence-corrected chi connectivity index (χ2v) is 8.11. The van der Waals surface area contributed by atoms with E-state index in [0.717, 1.165) is 45.9 Å². The van der Waals surface area contributed by atoms with Gasteiger partial charge in [0, 0.05) is 34.9 Å². The molecular formula is C25H25N3O3. The number of aryl methyl sites for hydroxylation is 1. The molecule has 2 N–H and O–H groups in total. The van der Waals surface area contributed by atoms with Gasteiger partial charge >= 0.3 is 0 Å². The molecule has 2 aliphatic rings. The number of nitrogens with one attached hydrogen (secondary N) is 2. The lowest BCUT2D eigenvalue weighted by molar-refractivity contribution is -0.116. The molecule has 0 unspecified atom stereocenters. The maximum atomic E-state index is 13.5. The molecule has 2 atom stereocenters. The first kappa shape index (κ1) is 19.4. The number of ether oxygens (including phenoxy) is 2. The van der Waals surface area contributed by atoms with Gasteiger partial charge in [0.1, 0.15) is 0 Å². The molecule has 3 aromatic rings. The highest BCUT2D eigenvalue weighted by Gasteiger charge is 2.40. The smallest absolute Gasteiger partial charge is 0.162 e. The number of fused-ring (bicyclic) bond motifs is 1. The first-order valence-electron chi connectivity index (χ1n) is 10.5. The third-order valence-corrected chi connectivity index (χ3v) is 6.36. The molecule has 0 fully saturated rings. The van der Waals surface area contributed by atoms with Crippen LogP contribution in [0.2, 0.25) is 0 Å². The maximum Gasteiger partial charge on any atom is 0.162 e. The van der Waals surface area contributed by atoms with Crippen LogP contribution in [0.5, 0.6) is 11.5 Å². The number of benzene rings is 2. The van der Waals surface area contributed by atoms with Gasteiger partial charge in [0.05, 0.1) is 14.2 Å². The molecule has 158 valence electrons. The zero-order valence-electron chi connectivity index (χ0n) is 17.9. The van der Waals surface area contributed by atoms with Crippen LogP contribution in [0.15, 0.2) is 59.8 Å². The quantitative estimate of drug-likeness (QED) is 0.646. The van der Waals surface area contributed by atoms with Gasteiger partial charge in [-0.3, -0.25) is 9.89 Å². The number of allylic oxidation sites excluding steroid dienone is 2. The molecule has 0 saturated carbocycles. The Balaban J connectivity index is 1.57. The van der Waals surface area contributed by atoms with E-state index in [1.54, 1.807) is 14.2 Å². The Hall–Kier alpha value is -3.54. The van der Waals surface area contributed by atoms with Gasteiger partial charge < -0.3 is 14.8 Å². The van der Waals surface area contributed by atoms with E-state index in [1.165, 1.54) is 0 Å². The van der Waals surface area contributed by atoms with Crippen LogP contribution in [0, 0.1) is 6.92 Å². The van der Waals surface area contributed by atoms with Gasteiger partial charge in [0.15, 0.2) is 23.1 Å². The van der Waals surface area contributed by atoms with Crippen molar-refractivity contribution < 1.29 is 14.3 Å². The summed E-state index contributed by atoms with van der Waals surface area (Å²) in [4.78, 5) is 13.5. The third-order valence-electron chi connectivity index (χ3n) is 6.36. The van der Waals surface area contributed by atoms with Crippen molar-refractivity contribution in [1.29, 1.82) is 0 Å². The number of hydrogen-bond acceptors (Lipinski definition) is 5. The minimum atomic E-state index is -0.106. The lowest BCUT2D eigenvalue weighted by atomic mass is 9.72. The number of Topliss-reactive ketones (excluding diaryl/α,β-unsaturated/α-hetero) is 1. The molecule has 0 spiro atoms. The van der Waals surface area contributed by atoms with Gasteiger partial charge in [0.25, 0.3) is 0 Å². The summed E-state index contributed by atoms with van der Waals surface area (Å²) in [6, 6.07) is 16.1. The largest absolute Gasteiger partial charge is 0.493 e. The Morgan fingerprint density at radius 3 is 2.48 bits per heavy atom. The standard InChI is InChI=1S/C25H25N3O3/c1-14-22-23(15-7-5-4-6-8-15)24-18(26-25(22)28-27-14)11-17(12-19(24)29)16-9-10-20(30-2)21(13-16)31-3/h4-10,13,17,23H,11-12H2,1-3H3,(H2,26,27,28)/t17-,23+/m0/s1. The van der Waals surface area contributed by atoms with E-state index in [1.807, 2.05) is 43.3 Å². The predicted molar refractivity (Wildman–Crippen MR) is 119 cm³/mol. The highest BCUT2D eigenvalue weighted by Crippen LogP contribution is 2.48. The maximum absolute atomic E-state index is 13.5. The van der Waals surface area contributed by atoms with E-state index >= 15 is 0 Å². The van der Waals surface area contributed by atoms with E-state index in [4.69, 9.17) is 9.47 Å². The van der Waals surface area contributed by atoms with Gasteiger partial charge in [-0.15, -0.1) is 0 Å². The molecule has 0 amide bonds. The van der Waals surface area contributed by atoms with E-state index in [0.29, 0.717) is 17.9 Å². The van der Waals surface area contributed by atoms with Crippen molar-refractivity contribution in [2.45, 2.75) is 31.6 Å². The third kappa shape index (κ3) is 3.19. The van der Waals surface area contributed by atoms with Gasteiger partial charge in [0.2, 0.25) is 0 Å². The molecule has 31 heavy (non-hydrogen) atoms. The Bertz CT molecular complexity index is 1180. The molecule has 0 bridgehead atoms. The fourth-order valence-electron chi connectivity index (χ4n) is 4.88. The SMILES string of the molecule is COc1ccc([C@@H]2CC(=O)C3=C(C2)Nc2n[nH]c(C)c2[C@H]3c2ccccc2)cc1OC. The zero-order valence-corrected chi connectivity index (χ0v) is 17.9. The van der Waals surface area contributed by atoms with Crippen LogP contribution in [0.3, 0.4) is 0 Å². The highest BCUT2D eigenvalue weighted by molar-refractivity contribution is 6.01. The number of anilines is 1. The summed E-state index contributed by atoms with van der Waals surface area (Å²) < 4.78 is 10.8. The van der Waals surface area contributed by atoms with Crippen molar-refractivity contribution in [3.8, 4) is 11.5 Å². The summed E-state index contributed by atoms with van der Waals surface area (Å²) in [7, 11) is 3.25. The average molecular weight is 415 g/mol. The van der Waals surface area contributed by atoms with Crippen molar-refractivity contribution in [3.63, 3.8) is 0 Å². The Morgan fingerprint density at radius 2 is 1.74 bits per heavy atom. The Morgan fingerprint density at radius 1 is 0.968 bits per heavy atom. The number of aromatic nitrogens is 2. The molecule has 2 heterocycles. The summed E-state index contributed by atoms with van der Waals surface area (Å²) in [5, 5.41) is 11.0. The van der Waals surface area contributed by atoms with Gasteiger partial charge in [-0.1, -0.05) is 36.4 Å². The van der Waals surface area contributed by atoms with Crippen LogP contribution in [0.4, 0.5) is 5.82 Å². The van der Waals surface area contributed by atoms with Gasteiger partial charge in [-0.2, -0.15) is 5.10 Å². The number of hydrogen-bond donors (Lipinski definition) is 2. The fourth-order valence-corrected chi connectivity index (χ4v) is 4.88. The van der Waals surface area contributed by atoms with Crippen molar-refractivity contribution in [2.24, 2.45) is 0 Å². The summed E-state index contributed by atoms with van der Waals surface area (Å²) in [6.45, 7) is 2.01. The van der Waals surface area contributed by atoms with E-state index in [-0.39, 0.29) is 17.6 Å². The number of carbonyl (C=O) groups is 1. The fraction of sp³-hybridized carbons (Fsp3) is 0.280. The number of H-pyrrole nitrogens is 1. The second-order valence-electron chi connectivity index (χ2n) is 8.11. The first-order valence-corrected chi connectivity index (χ1v) is 10.5. The Labute approximate surface area is 181 Å². The zero-order chi connectivity index (χ0) is 21.5. The molecule has 6 nitrogen and oxygen atoms in total. The first-order chi connectivity index (χ1) is 15.1. The summed E-state index contributed by atoms with van der Waals surface area (Å²) in [5.41, 5.74) is 6.05. The number of rotatable bonds is 4. The monoisotopic (exact) mass is 415 g/mol. The number of carbonyl (C=O) groups excluding carboxylic acids is 1. The van der Waals surface area contributed by atoms with Crippen LogP contribution in [-0.2, 0) is 4.79 Å². The molecule has 0 saturated heterocycles. The number of ketones is 1. The molecule has 1 aliphatic heterocycles. The van der Waals surface area contributed by atoms with Gasteiger partial charge in [-0.05, 0) is 42.5 Å². The summed E-state index contributed by atoms with van der Waals surface area (Å²) in [6.07, 6.45) is 1.21. The van der Waals surface area contributed by atoms with Crippen molar-refractivity contribution >= 4 is 11.6 Å². The summed E-state index contributed by atoms with van der Waals surface area (Å²) in [5.74, 6) is 2.31. The highest BCUT2D eigenvalue weighted by atomic mass is 16.5. The molecule has 0 radical (unpaired) electrons. The Kier molecular flexibility index (Phi) is 4.77. The molecule has 1 aliphatic carbocycles. The molecular weight excluding hydrogens is 390 g/mol. The van der Waals surface area contributed by atoms with Crippen molar-refractivity contribution in [1.82, 2.24) is 10.2 Å². The van der Waals surface area contributed by atoms with Crippen LogP contribution >= 0.6 is 0 Å². The minimum Gasteiger partial charge on any atom is -0.493 e. The lowest BCUT2D eigenvalue weighted by Gasteiger charge is -2.35. The van der Waals surface area contributed by atoms with Crippen LogP contribution in [0.25, 0.3) is 0 Å². The molecule has 2 aromatic carbocycles. The topological polar surface area (TPSA) is 76.2 Å². The van der Waals surface area contributed by atoms with Gasteiger partial charge in [-0.25, -0.2) is 0 Å². The van der Waals surface area contributed by atoms with Crippen molar-refractivity contribution in [2.75, 3.05) is 19.5 Å². The van der Waals surface area contributed by atoms with E-state index in [2.05, 4.69) is 27.6 Å². The summed E-state index contributed by atoms with van der Waals surface area (Å²) >= 11 is 0. The lowest BCUT2D eigenvalue weighted by Crippen LogP contribution is -2.29. The second kappa shape index (κ2) is 7.61. The van der Waals surface area contributed by atoms with Crippen molar-refractivity contribution in [3.05, 3.63) is 82.2 Å². The minimum absolute atomic E-state index is 0.0663. The number of methoxy groups -OCH3 is 2. The number of aromatic amines is 1. The van der Waals surface area contributed by atoms with E-state index < -0.39 is 0 Å². The average Bonchev–Trinajstić information content (AvgIpc) is 3.17. The normalized spacial score (nSPS) is 20.0. The van der Waals surface area contributed by atoms with Crippen LogP contribution in [0.1, 0.15) is 47.1 Å². The van der Waals surface area contributed by atoms with Crippen LogP contribution in [-0.4, -0.2) is 30.2 Å². The molecule has 1 aromatic heterocycles.